The summed E-state index contributed by atoms with van der Waals surface area (Å²) in [4.78, 5) is 3.54. The van der Waals surface area contributed by atoms with E-state index in [1.807, 2.05) is 6.07 Å². The molecule has 0 radical (unpaired) electrons. The Morgan fingerprint density at radius 3 is 2.58 bits per heavy atom. The molecule has 0 saturated heterocycles. The summed E-state index contributed by atoms with van der Waals surface area (Å²) in [5.74, 6) is 0.995. The van der Waals surface area contributed by atoms with E-state index in [4.69, 9.17) is 0 Å². The third kappa shape index (κ3) is 4.15. The summed E-state index contributed by atoms with van der Waals surface area (Å²) in [5.41, 5.74) is 3.84. The molecule has 24 heavy (non-hydrogen) atoms. The number of allylic oxidation sites excluding steroid dienone is 1. The average molecular weight is 337 g/mol. The summed E-state index contributed by atoms with van der Waals surface area (Å²) in [6.07, 6.45) is 4.79. The summed E-state index contributed by atoms with van der Waals surface area (Å²) < 4.78 is 0. The van der Waals surface area contributed by atoms with Crippen molar-refractivity contribution >= 4 is 17.2 Å². The molecule has 0 aliphatic rings. The maximum absolute atomic E-state index is 4.32. The molecular weight excluding hydrogens is 314 g/mol. The van der Waals surface area contributed by atoms with E-state index >= 15 is 0 Å². The van der Waals surface area contributed by atoms with Crippen molar-refractivity contribution in [3.8, 4) is 0 Å². The summed E-state index contributed by atoms with van der Waals surface area (Å²) in [6, 6.07) is 15.1. The van der Waals surface area contributed by atoms with Crippen LogP contribution in [-0.2, 0) is 19.4 Å². The molecule has 3 aromatic rings. The second-order valence-corrected chi connectivity index (χ2v) is 6.88. The highest BCUT2D eigenvalue weighted by atomic mass is 32.1. The molecule has 4 heteroatoms. The highest BCUT2D eigenvalue weighted by molar-refractivity contribution is 7.09. The third-order valence-electron chi connectivity index (χ3n) is 4.19. The Kier molecular flexibility index (Phi) is 5.49. The van der Waals surface area contributed by atoms with Gasteiger partial charge in [0.2, 0.25) is 0 Å². The van der Waals surface area contributed by atoms with Gasteiger partial charge in [-0.3, -0.25) is 5.10 Å². The Balaban J connectivity index is 1.66. The lowest BCUT2D eigenvalue weighted by Crippen LogP contribution is -2.21. The number of nitrogens with zero attached hydrogens (tertiary/aromatic N) is 2. The van der Waals surface area contributed by atoms with Crippen LogP contribution in [0.2, 0.25) is 0 Å². The van der Waals surface area contributed by atoms with Crippen LogP contribution in [0, 0.1) is 0 Å². The summed E-state index contributed by atoms with van der Waals surface area (Å²) in [6.45, 7) is 7.33. The molecule has 1 N–H and O–H groups in total. The van der Waals surface area contributed by atoms with E-state index in [9.17, 15) is 0 Å². The highest BCUT2D eigenvalue weighted by Crippen LogP contribution is 2.23. The molecule has 2 aromatic heterocycles. The molecule has 0 atom stereocenters. The minimum atomic E-state index is 0.827. The minimum Gasteiger partial charge on any atom is -0.326 e. The van der Waals surface area contributed by atoms with Gasteiger partial charge >= 0.3 is 0 Å². The van der Waals surface area contributed by atoms with Gasteiger partial charge in [-0.1, -0.05) is 43.8 Å². The molecule has 0 fully saturated rings. The maximum atomic E-state index is 4.32. The van der Waals surface area contributed by atoms with E-state index in [0.29, 0.717) is 0 Å². The van der Waals surface area contributed by atoms with Gasteiger partial charge in [0.25, 0.3) is 0 Å². The molecular formula is C20H23N3S. The van der Waals surface area contributed by atoms with E-state index < -0.39 is 0 Å². The Labute approximate surface area is 147 Å². The molecule has 0 aliphatic heterocycles. The van der Waals surface area contributed by atoms with Gasteiger partial charge in [-0.25, -0.2) is 0 Å². The van der Waals surface area contributed by atoms with Gasteiger partial charge in [0.15, 0.2) is 0 Å². The molecule has 0 spiro atoms. The molecule has 0 saturated carbocycles. The van der Waals surface area contributed by atoms with E-state index in [-0.39, 0.29) is 0 Å². The zero-order valence-corrected chi connectivity index (χ0v) is 14.9. The molecule has 0 unspecified atom stereocenters. The number of aromatic nitrogens is 2. The van der Waals surface area contributed by atoms with Crippen LogP contribution >= 0.6 is 11.3 Å². The van der Waals surface area contributed by atoms with Crippen molar-refractivity contribution in [1.29, 1.82) is 0 Å². The number of hydrogen-bond acceptors (Lipinski definition) is 3. The van der Waals surface area contributed by atoms with E-state index in [1.165, 1.54) is 16.0 Å². The first kappa shape index (κ1) is 16.5. The van der Waals surface area contributed by atoms with Crippen molar-refractivity contribution in [2.75, 3.05) is 4.90 Å². The maximum Gasteiger partial charge on any atom is 0.128 e. The zero-order valence-electron chi connectivity index (χ0n) is 14.0. The predicted octanol–water partition coefficient (Wildman–Crippen LogP) is 5.19. The van der Waals surface area contributed by atoms with Gasteiger partial charge < -0.3 is 4.90 Å². The standard InChI is InChI=1S/C20H23N3S/c1-3-17-8-10-18(11-9-17)7-6-16(2)23(20-12-13-21-22-20)15-19-5-4-14-24-19/h4-5,8-14H,2-3,6-7,15H2,1H3,(H,21,22). The van der Waals surface area contributed by atoms with Gasteiger partial charge in [-0.15, -0.1) is 11.3 Å². The van der Waals surface area contributed by atoms with Crippen LogP contribution in [0.5, 0.6) is 0 Å². The van der Waals surface area contributed by atoms with Crippen molar-refractivity contribution in [2.45, 2.75) is 32.7 Å². The van der Waals surface area contributed by atoms with Crippen LogP contribution in [0.25, 0.3) is 0 Å². The SMILES string of the molecule is C=C(CCc1ccc(CC)cc1)N(Cc1cccs1)c1ccn[nH]1. The topological polar surface area (TPSA) is 31.9 Å². The molecule has 0 aliphatic carbocycles. The lowest BCUT2D eigenvalue weighted by Gasteiger charge is -2.24. The quantitative estimate of drug-likeness (QED) is 0.613. The molecule has 3 rings (SSSR count). The molecule has 1 aromatic carbocycles. The van der Waals surface area contributed by atoms with Crippen molar-refractivity contribution in [2.24, 2.45) is 0 Å². The summed E-state index contributed by atoms with van der Waals surface area (Å²) in [7, 11) is 0. The Morgan fingerprint density at radius 2 is 1.96 bits per heavy atom. The zero-order chi connectivity index (χ0) is 16.8. The van der Waals surface area contributed by atoms with Crippen molar-refractivity contribution in [3.63, 3.8) is 0 Å². The van der Waals surface area contributed by atoms with Gasteiger partial charge in [-0.2, -0.15) is 5.10 Å². The lowest BCUT2D eigenvalue weighted by molar-refractivity contribution is 0.816. The van der Waals surface area contributed by atoms with Crippen LogP contribution in [0.15, 0.2) is 66.3 Å². The molecule has 0 amide bonds. The average Bonchev–Trinajstić information content (AvgIpc) is 3.31. The largest absolute Gasteiger partial charge is 0.326 e. The van der Waals surface area contributed by atoms with Crippen molar-refractivity contribution < 1.29 is 0 Å². The number of nitrogens with one attached hydrogen (secondary N) is 1. The molecule has 3 nitrogen and oxygen atoms in total. The van der Waals surface area contributed by atoms with E-state index in [0.717, 1.165) is 37.3 Å². The first-order chi connectivity index (χ1) is 11.8. The fourth-order valence-electron chi connectivity index (χ4n) is 2.69. The summed E-state index contributed by atoms with van der Waals surface area (Å²) in [5, 5.41) is 9.26. The van der Waals surface area contributed by atoms with E-state index in [2.05, 4.69) is 70.4 Å². The van der Waals surface area contributed by atoms with E-state index in [1.54, 1.807) is 17.5 Å². The Hall–Kier alpha value is -2.33. The highest BCUT2D eigenvalue weighted by Gasteiger charge is 2.13. The number of aromatic amines is 1. The van der Waals surface area contributed by atoms with Crippen LogP contribution < -0.4 is 4.90 Å². The van der Waals surface area contributed by atoms with Crippen LogP contribution in [0.1, 0.15) is 29.3 Å². The number of thiophene rings is 1. The van der Waals surface area contributed by atoms with Crippen LogP contribution in [0.3, 0.4) is 0 Å². The summed E-state index contributed by atoms with van der Waals surface area (Å²) >= 11 is 1.77. The fraction of sp³-hybridized carbons (Fsp3) is 0.250. The number of anilines is 1. The first-order valence-corrected chi connectivity index (χ1v) is 9.19. The molecule has 2 heterocycles. The van der Waals surface area contributed by atoms with Crippen molar-refractivity contribution in [3.05, 3.63) is 82.3 Å². The second-order valence-electron chi connectivity index (χ2n) is 5.84. The predicted molar refractivity (Wildman–Crippen MR) is 102 cm³/mol. The fourth-order valence-corrected chi connectivity index (χ4v) is 3.38. The Morgan fingerprint density at radius 1 is 1.17 bits per heavy atom. The lowest BCUT2D eigenvalue weighted by atomic mass is 10.0. The number of benzene rings is 1. The number of aryl methyl sites for hydroxylation is 2. The third-order valence-corrected chi connectivity index (χ3v) is 5.05. The van der Waals surface area contributed by atoms with Crippen LogP contribution in [-0.4, -0.2) is 10.2 Å². The Bertz CT molecular complexity index is 743. The first-order valence-electron chi connectivity index (χ1n) is 8.31. The molecule has 0 bridgehead atoms. The number of rotatable bonds is 8. The van der Waals surface area contributed by atoms with Gasteiger partial charge in [-0.05, 0) is 41.8 Å². The van der Waals surface area contributed by atoms with Gasteiger partial charge in [0.05, 0.1) is 12.7 Å². The number of hydrogen-bond donors (Lipinski definition) is 1. The number of H-pyrrole nitrogens is 1. The van der Waals surface area contributed by atoms with Crippen LogP contribution in [0.4, 0.5) is 5.82 Å². The van der Waals surface area contributed by atoms with Crippen molar-refractivity contribution in [1.82, 2.24) is 10.2 Å². The smallest absolute Gasteiger partial charge is 0.128 e. The van der Waals surface area contributed by atoms with Gasteiger partial charge in [0, 0.05) is 16.6 Å². The normalized spacial score (nSPS) is 10.7. The minimum absolute atomic E-state index is 0.827. The monoisotopic (exact) mass is 337 g/mol. The second kappa shape index (κ2) is 7.97. The van der Waals surface area contributed by atoms with Gasteiger partial charge in [0.1, 0.15) is 5.82 Å². The molecule has 124 valence electrons.